The number of aliphatic hydroxyl groups is 1. The van der Waals surface area contributed by atoms with Crippen LogP contribution in [0, 0.1) is 0 Å². The number of hydrogen-bond donors (Lipinski definition) is 3. The van der Waals surface area contributed by atoms with E-state index in [1.54, 1.807) is 0 Å². The number of carbonyl (C=O) groups is 1. The van der Waals surface area contributed by atoms with E-state index >= 15 is 0 Å². The number of amides is 1. The molecule has 0 saturated carbocycles. The molecule has 0 radical (unpaired) electrons. The Balaban J connectivity index is 1.59. The molecule has 0 aliphatic carbocycles. The fraction of sp³-hybridized carbons (Fsp3) is 0.759. The second-order valence-corrected chi connectivity index (χ2v) is 9.98. The normalized spacial score (nSPS) is 17.9. The van der Waals surface area contributed by atoms with Gasteiger partial charge in [-0.15, -0.1) is 0 Å². The average molecular weight is 475 g/mol. The van der Waals surface area contributed by atoms with E-state index in [9.17, 15) is 9.90 Å². The van der Waals surface area contributed by atoms with Gasteiger partial charge in [0.1, 0.15) is 0 Å². The third-order valence-electron chi connectivity index (χ3n) is 6.91. The molecule has 5 nitrogen and oxygen atoms in total. The van der Waals surface area contributed by atoms with Crippen molar-refractivity contribution in [1.29, 1.82) is 0 Å². The van der Waals surface area contributed by atoms with Gasteiger partial charge in [-0.2, -0.15) is 0 Å². The number of carbonyl (C=O) groups excluding carboxylic acids is 1. The lowest BCUT2D eigenvalue weighted by Crippen LogP contribution is -2.48. The summed E-state index contributed by atoms with van der Waals surface area (Å²) in [5.74, 6) is 0.0415. The molecule has 1 saturated heterocycles. The van der Waals surface area contributed by atoms with Gasteiger partial charge in [0.05, 0.1) is 25.4 Å². The van der Waals surface area contributed by atoms with Crippen LogP contribution in [0.25, 0.3) is 0 Å². The predicted octanol–water partition coefficient (Wildman–Crippen LogP) is 6.06. The Labute approximate surface area is 208 Å². The summed E-state index contributed by atoms with van der Waals surface area (Å²) in [5.41, 5.74) is 0.838. The summed E-state index contributed by atoms with van der Waals surface area (Å²) in [6.45, 7) is 4.41. The first-order chi connectivity index (χ1) is 16.7. The second-order valence-electron chi connectivity index (χ2n) is 9.98. The Hall–Kier alpha value is -1.43. The summed E-state index contributed by atoms with van der Waals surface area (Å²) >= 11 is 0. The van der Waals surface area contributed by atoms with Gasteiger partial charge in [-0.1, -0.05) is 114 Å². The lowest BCUT2D eigenvalue weighted by molar-refractivity contribution is -0.123. The van der Waals surface area contributed by atoms with Crippen LogP contribution in [0.4, 0.5) is 0 Å². The molecule has 0 bridgehead atoms. The van der Waals surface area contributed by atoms with Crippen LogP contribution < -0.4 is 10.6 Å². The highest BCUT2D eigenvalue weighted by Crippen LogP contribution is 2.21. The van der Waals surface area contributed by atoms with Gasteiger partial charge < -0.3 is 20.5 Å². The van der Waals surface area contributed by atoms with Crippen LogP contribution in [-0.4, -0.2) is 42.9 Å². The molecule has 194 valence electrons. The first-order valence-electron chi connectivity index (χ1n) is 14.0. The third-order valence-corrected chi connectivity index (χ3v) is 6.91. The van der Waals surface area contributed by atoms with Crippen molar-refractivity contribution >= 4 is 5.91 Å². The molecule has 1 heterocycles. The van der Waals surface area contributed by atoms with Gasteiger partial charge in [-0.3, -0.25) is 4.79 Å². The van der Waals surface area contributed by atoms with Crippen molar-refractivity contribution < 1.29 is 14.6 Å². The van der Waals surface area contributed by atoms with Crippen LogP contribution >= 0.6 is 0 Å². The van der Waals surface area contributed by atoms with Gasteiger partial charge in [0.2, 0.25) is 5.91 Å². The Bertz CT molecular complexity index is 619. The molecule has 1 aromatic carbocycles. The van der Waals surface area contributed by atoms with Crippen LogP contribution in [-0.2, 0) is 9.53 Å². The standard InChI is InChI=1S/C29H50N2O3/c1-2-3-4-5-6-7-8-9-10-11-12-13-17-20-28(32)31-27(23-26-24-34-22-21-30-26)29(33)25-18-15-14-16-19-25/h14-16,18-19,26-27,29-30,33H,2-13,17,20-24H2,1H3,(H,31,32). The molecular formula is C29H50N2O3. The first kappa shape index (κ1) is 28.8. The van der Waals surface area contributed by atoms with Gasteiger partial charge in [0.15, 0.2) is 0 Å². The van der Waals surface area contributed by atoms with Crippen LogP contribution in [0.2, 0.25) is 0 Å². The summed E-state index contributed by atoms with van der Waals surface area (Å²) in [4.78, 5) is 12.7. The lowest BCUT2D eigenvalue weighted by Gasteiger charge is -2.31. The van der Waals surface area contributed by atoms with E-state index in [4.69, 9.17) is 4.74 Å². The van der Waals surface area contributed by atoms with E-state index in [0.717, 1.165) is 24.9 Å². The van der Waals surface area contributed by atoms with Gasteiger partial charge in [-0.05, 0) is 18.4 Å². The number of nitrogens with one attached hydrogen (secondary N) is 2. The molecule has 1 aliphatic heterocycles. The van der Waals surface area contributed by atoms with Crippen molar-refractivity contribution in [3.8, 4) is 0 Å². The summed E-state index contributed by atoms with van der Waals surface area (Å²) < 4.78 is 5.57. The maximum Gasteiger partial charge on any atom is 0.220 e. The average Bonchev–Trinajstić information content (AvgIpc) is 2.87. The van der Waals surface area contributed by atoms with Crippen LogP contribution in [0.5, 0.6) is 0 Å². The predicted molar refractivity (Wildman–Crippen MR) is 141 cm³/mol. The van der Waals surface area contributed by atoms with E-state index in [-0.39, 0.29) is 18.0 Å². The molecule has 3 unspecified atom stereocenters. The van der Waals surface area contributed by atoms with Crippen molar-refractivity contribution in [2.45, 2.75) is 121 Å². The van der Waals surface area contributed by atoms with Crippen molar-refractivity contribution in [3.05, 3.63) is 35.9 Å². The largest absolute Gasteiger partial charge is 0.386 e. The zero-order valence-corrected chi connectivity index (χ0v) is 21.6. The molecule has 1 aliphatic rings. The number of ether oxygens (including phenoxy) is 1. The van der Waals surface area contributed by atoms with Gasteiger partial charge >= 0.3 is 0 Å². The van der Waals surface area contributed by atoms with Crippen LogP contribution in [0.3, 0.4) is 0 Å². The van der Waals surface area contributed by atoms with Crippen molar-refractivity contribution in [2.75, 3.05) is 19.8 Å². The highest BCUT2D eigenvalue weighted by Gasteiger charge is 2.27. The van der Waals surface area contributed by atoms with E-state index in [2.05, 4.69) is 17.6 Å². The maximum absolute atomic E-state index is 12.7. The molecule has 3 N–H and O–H groups in total. The molecule has 2 rings (SSSR count). The Morgan fingerprint density at radius 1 is 0.971 bits per heavy atom. The van der Waals surface area contributed by atoms with E-state index in [0.29, 0.717) is 26.1 Å². The van der Waals surface area contributed by atoms with E-state index in [1.165, 1.54) is 70.6 Å². The number of benzene rings is 1. The topological polar surface area (TPSA) is 70.6 Å². The quantitative estimate of drug-likeness (QED) is 0.213. The Morgan fingerprint density at radius 2 is 1.56 bits per heavy atom. The minimum absolute atomic E-state index is 0.0415. The van der Waals surface area contributed by atoms with Crippen molar-refractivity contribution in [1.82, 2.24) is 10.6 Å². The van der Waals surface area contributed by atoms with Gasteiger partial charge in [0, 0.05) is 19.0 Å². The van der Waals surface area contributed by atoms with Crippen molar-refractivity contribution in [3.63, 3.8) is 0 Å². The molecule has 0 spiro atoms. The summed E-state index contributed by atoms with van der Waals surface area (Å²) in [6, 6.07) is 9.45. The minimum atomic E-state index is -0.722. The van der Waals surface area contributed by atoms with Crippen LogP contribution in [0.1, 0.15) is 115 Å². The molecule has 1 fully saturated rings. The second kappa shape index (κ2) is 18.8. The minimum Gasteiger partial charge on any atom is -0.386 e. The Kier molecular flexibility index (Phi) is 16.0. The Morgan fingerprint density at radius 3 is 2.12 bits per heavy atom. The lowest BCUT2D eigenvalue weighted by atomic mass is 9.95. The summed E-state index contributed by atoms with van der Waals surface area (Å²) in [5, 5.41) is 17.5. The maximum atomic E-state index is 12.7. The summed E-state index contributed by atoms with van der Waals surface area (Å²) in [6.07, 6.45) is 17.3. The van der Waals surface area contributed by atoms with Gasteiger partial charge in [0.25, 0.3) is 0 Å². The molecule has 1 amide bonds. The molecule has 0 aromatic heterocycles. The van der Waals surface area contributed by atoms with Crippen molar-refractivity contribution in [2.24, 2.45) is 0 Å². The summed E-state index contributed by atoms with van der Waals surface area (Å²) in [7, 11) is 0. The number of unbranched alkanes of at least 4 members (excludes halogenated alkanes) is 12. The number of morpholine rings is 1. The monoisotopic (exact) mass is 474 g/mol. The SMILES string of the molecule is CCCCCCCCCCCCCCCC(=O)NC(CC1COCCN1)C(O)c1ccccc1. The van der Waals surface area contributed by atoms with Gasteiger partial charge in [-0.25, -0.2) is 0 Å². The molecule has 34 heavy (non-hydrogen) atoms. The molecule has 1 aromatic rings. The number of aliphatic hydroxyl groups excluding tert-OH is 1. The highest BCUT2D eigenvalue weighted by atomic mass is 16.5. The fourth-order valence-electron chi connectivity index (χ4n) is 4.81. The molecule has 3 atom stereocenters. The number of hydrogen-bond acceptors (Lipinski definition) is 4. The smallest absolute Gasteiger partial charge is 0.220 e. The molecule has 5 heteroatoms. The van der Waals surface area contributed by atoms with E-state index < -0.39 is 6.10 Å². The fourth-order valence-corrected chi connectivity index (χ4v) is 4.81. The highest BCUT2D eigenvalue weighted by molar-refractivity contribution is 5.76. The third kappa shape index (κ3) is 12.9. The zero-order valence-electron chi connectivity index (χ0n) is 21.6. The first-order valence-corrected chi connectivity index (χ1v) is 14.0. The van der Waals surface area contributed by atoms with E-state index in [1.807, 2.05) is 30.3 Å². The molecular weight excluding hydrogens is 424 g/mol. The number of rotatable bonds is 19. The van der Waals surface area contributed by atoms with Crippen LogP contribution in [0.15, 0.2) is 30.3 Å². The zero-order chi connectivity index (χ0) is 24.3.